The molecule has 0 radical (unpaired) electrons. The van der Waals surface area contributed by atoms with Gasteiger partial charge in [0.25, 0.3) is 0 Å². The molecule has 0 amide bonds. The van der Waals surface area contributed by atoms with E-state index >= 15 is 0 Å². The summed E-state index contributed by atoms with van der Waals surface area (Å²) < 4.78 is 15.9. The lowest BCUT2D eigenvalue weighted by Gasteiger charge is -2.26. The highest BCUT2D eigenvalue weighted by Gasteiger charge is 2.31. The van der Waals surface area contributed by atoms with Crippen molar-refractivity contribution in [2.45, 2.75) is 12.5 Å². The molecule has 0 bridgehead atoms. The van der Waals surface area contributed by atoms with Gasteiger partial charge in [0.1, 0.15) is 28.9 Å². The SMILES string of the molecule is COc1cc(O)c2c(c1)O[C@H](c1cc(O)c(O)c(OC)c1)CC2=O. The predicted molar refractivity (Wildman–Crippen MR) is 83.3 cm³/mol. The number of methoxy groups -OCH3 is 2. The van der Waals surface area contributed by atoms with E-state index in [4.69, 9.17) is 14.2 Å². The van der Waals surface area contributed by atoms with Gasteiger partial charge in [0.15, 0.2) is 17.3 Å². The molecule has 1 aliphatic rings. The highest BCUT2D eigenvalue weighted by atomic mass is 16.5. The smallest absolute Gasteiger partial charge is 0.200 e. The van der Waals surface area contributed by atoms with E-state index < -0.39 is 6.10 Å². The first kappa shape index (κ1) is 15.8. The number of rotatable bonds is 3. The number of hydrogen-bond donors (Lipinski definition) is 3. The van der Waals surface area contributed by atoms with Gasteiger partial charge in [0.05, 0.1) is 20.6 Å². The van der Waals surface area contributed by atoms with Gasteiger partial charge in [-0.05, 0) is 12.1 Å². The van der Waals surface area contributed by atoms with Crippen LogP contribution in [0.3, 0.4) is 0 Å². The van der Waals surface area contributed by atoms with Crippen molar-refractivity contribution in [3.8, 4) is 34.5 Å². The Labute approximate surface area is 137 Å². The number of ether oxygens (including phenoxy) is 3. The van der Waals surface area contributed by atoms with Gasteiger partial charge in [-0.1, -0.05) is 0 Å². The van der Waals surface area contributed by atoms with E-state index in [-0.39, 0.29) is 46.5 Å². The fourth-order valence-electron chi connectivity index (χ4n) is 2.67. The van der Waals surface area contributed by atoms with E-state index in [2.05, 4.69) is 0 Å². The second-order valence-corrected chi connectivity index (χ2v) is 5.34. The number of phenols is 3. The van der Waals surface area contributed by atoms with Gasteiger partial charge in [0.2, 0.25) is 5.75 Å². The topological polar surface area (TPSA) is 105 Å². The molecule has 1 aliphatic heterocycles. The normalized spacial score (nSPS) is 16.2. The minimum absolute atomic E-state index is 0.0275. The highest BCUT2D eigenvalue weighted by molar-refractivity contribution is 6.02. The van der Waals surface area contributed by atoms with Crippen LogP contribution in [0.15, 0.2) is 24.3 Å². The summed E-state index contributed by atoms with van der Waals surface area (Å²) in [5, 5.41) is 29.5. The standard InChI is InChI=1S/C17H16O7/c1-22-9-5-10(18)16-11(19)7-13(24-14(16)6-9)8-3-12(20)17(21)15(4-8)23-2/h3-6,13,18,20-21H,7H2,1-2H3/t13-/m0/s1. The predicted octanol–water partition coefficient (Wildman–Crippen LogP) is 2.53. The van der Waals surface area contributed by atoms with Crippen molar-refractivity contribution in [3.63, 3.8) is 0 Å². The highest BCUT2D eigenvalue weighted by Crippen LogP contribution is 2.44. The molecule has 0 saturated carbocycles. The van der Waals surface area contributed by atoms with Gasteiger partial charge < -0.3 is 29.5 Å². The fourth-order valence-corrected chi connectivity index (χ4v) is 2.67. The van der Waals surface area contributed by atoms with Crippen LogP contribution in [0, 0.1) is 0 Å². The van der Waals surface area contributed by atoms with Gasteiger partial charge in [-0.25, -0.2) is 0 Å². The maximum absolute atomic E-state index is 12.4. The van der Waals surface area contributed by atoms with Gasteiger partial charge >= 0.3 is 0 Å². The molecule has 0 aromatic heterocycles. The molecule has 3 N–H and O–H groups in total. The van der Waals surface area contributed by atoms with Crippen molar-refractivity contribution >= 4 is 5.78 Å². The first-order valence-corrected chi connectivity index (χ1v) is 7.15. The number of benzene rings is 2. The molecule has 1 atom stereocenters. The van der Waals surface area contributed by atoms with E-state index in [0.717, 1.165) is 0 Å². The largest absolute Gasteiger partial charge is 0.507 e. The summed E-state index contributed by atoms with van der Waals surface area (Å²) >= 11 is 0. The number of carbonyl (C=O) groups is 1. The van der Waals surface area contributed by atoms with Crippen molar-refractivity contribution in [3.05, 3.63) is 35.4 Å². The number of fused-ring (bicyclic) bond motifs is 1. The van der Waals surface area contributed by atoms with Crippen molar-refractivity contribution in [1.82, 2.24) is 0 Å². The number of Topliss-reactive ketones (excluding diaryl/α,β-unsaturated/α-hetero) is 1. The van der Waals surface area contributed by atoms with Gasteiger partial charge in [-0.3, -0.25) is 4.79 Å². The van der Waals surface area contributed by atoms with Crippen LogP contribution in [0.4, 0.5) is 0 Å². The summed E-state index contributed by atoms with van der Waals surface area (Å²) in [6.45, 7) is 0. The number of phenolic OH excluding ortho intramolecular Hbond substituents is 3. The molecule has 0 unspecified atom stereocenters. The summed E-state index contributed by atoms with van der Waals surface area (Å²) in [5.74, 6) is -0.652. The second-order valence-electron chi connectivity index (χ2n) is 5.34. The third-order valence-corrected chi connectivity index (χ3v) is 3.88. The lowest BCUT2D eigenvalue weighted by molar-refractivity contribution is 0.0844. The zero-order chi connectivity index (χ0) is 17.4. The summed E-state index contributed by atoms with van der Waals surface area (Å²) in [5.41, 5.74) is 0.561. The number of carbonyl (C=O) groups excluding carboxylic acids is 1. The van der Waals surface area contributed by atoms with E-state index in [1.807, 2.05) is 0 Å². The minimum atomic E-state index is -0.697. The Morgan fingerprint density at radius 2 is 1.79 bits per heavy atom. The van der Waals surface area contributed by atoms with Gasteiger partial charge in [-0.2, -0.15) is 0 Å². The van der Waals surface area contributed by atoms with Crippen molar-refractivity contribution in [1.29, 1.82) is 0 Å². The van der Waals surface area contributed by atoms with Crippen LogP contribution in [0.25, 0.3) is 0 Å². The molecule has 0 spiro atoms. The maximum atomic E-state index is 12.4. The maximum Gasteiger partial charge on any atom is 0.200 e. The molecule has 1 heterocycles. The van der Waals surface area contributed by atoms with E-state index in [9.17, 15) is 20.1 Å². The Hall–Kier alpha value is -3.09. The second kappa shape index (κ2) is 5.84. The summed E-state index contributed by atoms with van der Waals surface area (Å²) in [7, 11) is 2.79. The van der Waals surface area contributed by atoms with E-state index in [0.29, 0.717) is 11.3 Å². The zero-order valence-corrected chi connectivity index (χ0v) is 13.1. The van der Waals surface area contributed by atoms with E-state index in [1.165, 1.54) is 38.5 Å². The molecule has 7 heteroatoms. The third-order valence-electron chi connectivity index (χ3n) is 3.88. The van der Waals surface area contributed by atoms with Crippen molar-refractivity contribution in [2.75, 3.05) is 14.2 Å². The molecular formula is C17H16O7. The molecular weight excluding hydrogens is 316 g/mol. The molecule has 3 rings (SSSR count). The summed E-state index contributed by atoms with van der Waals surface area (Å²) in [4.78, 5) is 12.4. The summed E-state index contributed by atoms with van der Waals surface area (Å²) in [6.07, 6.45) is -0.725. The van der Waals surface area contributed by atoms with Crippen LogP contribution >= 0.6 is 0 Å². The fraction of sp³-hybridized carbons (Fsp3) is 0.235. The molecule has 2 aromatic rings. The average Bonchev–Trinajstić information content (AvgIpc) is 2.56. The van der Waals surface area contributed by atoms with Crippen LogP contribution in [0.5, 0.6) is 34.5 Å². The van der Waals surface area contributed by atoms with E-state index in [1.54, 1.807) is 0 Å². The number of ketones is 1. The Kier molecular flexibility index (Phi) is 3.84. The molecule has 24 heavy (non-hydrogen) atoms. The monoisotopic (exact) mass is 332 g/mol. The van der Waals surface area contributed by atoms with Crippen LogP contribution in [0.1, 0.15) is 28.4 Å². The average molecular weight is 332 g/mol. The zero-order valence-electron chi connectivity index (χ0n) is 13.1. The third kappa shape index (κ3) is 2.54. The molecule has 2 aromatic carbocycles. The first-order chi connectivity index (χ1) is 11.4. The molecule has 126 valence electrons. The first-order valence-electron chi connectivity index (χ1n) is 7.15. The minimum Gasteiger partial charge on any atom is -0.507 e. The van der Waals surface area contributed by atoms with Gasteiger partial charge in [-0.15, -0.1) is 0 Å². The quantitative estimate of drug-likeness (QED) is 0.742. The Balaban J connectivity index is 2.03. The molecule has 0 saturated heterocycles. The van der Waals surface area contributed by atoms with Crippen molar-refractivity contribution < 1.29 is 34.3 Å². The van der Waals surface area contributed by atoms with Crippen molar-refractivity contribution in [2.24, 2.45) is 0 Å². The molecule has 0 fully saturated rings. The lowest BCUT2D eigenvalue weighted by Crippen LogP contribution is -2.20. The Morgan fingerprint density at radius 1 is 1.04 bits per heavy atom. The Bertz CT molecular complexity index is 813. The van der Waals surface area contributed by atoms with Crippen LogP contribution in [-0.4, -0.2) is 35.3 Å². The van der Waals surface area contributed by atoms with Crippen LogP contribution in [-0.2, 0) is 0 Å². The van der Waals surface area contributed by atoms with Crippen LogP contribution in [0.2, 0.25) is 0 Å². The number of hydrogen-bond acceptors (Lipinski definition) is 7. The number of aromatic hydroxyl groups is 3. The van der Waals surface area contributed by atoms with Gasteiger partial charge in [0, 0.05) is 17.7 Å². The summed E-state index contributed by atoms with van der Waals surface area (Å²) in [6, 6.07) is 5.64. The molecule has 7 nitrogen and oxygen atoms in total. The lowest BCUT2D eigenvalue weighted by atomic mass is 9.95. The Morgan fingerprint density at radius 3 is 2.46 bits per heavy atom. The molecule has 0 aliphatic carbocycles. The van der Waals surface area contributed by atoms with Crippen LogP contribution < -0.4 is 14.2 Å².